The predicted molar refractivity (Wildman–Crippen MR) is 504 cm³/mol. The lowest BCUT2D eigenvalue weighted by molar-refractivity contribution is -0.405. The van der Waals surface area contributed by atoms with E-state index in [4.69, 9.17) is 83.4 Å². The summed E-state index contributed by atoms with van der Waals surface area (Å²) in [5.41, 5.74) is 21.0. The number of ether oxygens (including phenoxy) is 10. The van der Waals surface area contributed by atoms with Gasteiger partial charge in [-0.2, -0.15) is 0 Å². The van der Waals surface area contributed by atoms with Crippen LogP contribution in [0.5, 0.6) is 46.0 Å². The highest BCUT2D eigenvalue weighted by atomic mass is 35.5. The molecule has 138 heavy (non-hydrogen) atoms. The van der Waals surface area contributed by atoms with Gasteiger partial charge in [0.1, 0.15) is 46.0 Å². The van der Waals surface area contributed by atoms with Crippen molar-refractivity contribution in [2.24, 2.45) is 23.3 Å². The van der Waals surface area contributed by atoms with E-state index in [2.05, 4.69) is 60.6 Å². The van der Waals surface area contributed by atoms with Crippen LogP contribution in [0.25, 0.3) is 0 Å². The zero-order valence-electron chi connectivity index (χ0n) is 78.0. The Hall–Kier alpha value is -12.3. The number of carbonyl (C=O) groups is 12. The lowest BCUT2D eigenvalue weighted by Crippen LogP contribution is -3.00. The lowest BCUT2D eigenvalue weighted by Gasteiger charge is -2.36. The smallest absolute Gasteiger partial charge is 0.340 e. The van der Waals surface area contributed by atoms with Crippen molar-refractivity contribution in [2.45, 2.75) is 134 Å². The minimum absolute atomic E-state index is 0. The number of amides is 6. The van der Waals surface area contributed by atoms with E-state index in [1.54, 1.807) is 48.5 Å². The fraction of sp³-hybridized carbons (Fsp3) is 0.469. The molecule has 0 fully saturated rings. The number of benzene rings is 6. The molecule has 4 aliphatic rings. The van der Waals surface area contributed by atoms with Gasteiger partial charge in [-0.3, -0.25) is 64.4 Å². The van der Waals surface area contributed by atoms with Crippen LogP contribution in [0.2, 0.25) is 1.41 Å². The molecule has 756 valence electrons. The number of nitrogens with two attached hydrogens (primary N) is 3. The van der Waals surface area contributed by atoms with Crippen LogP contribution in [0.3, 0.4) is 0 Å². The number of phenolic OH excluding ortho intramolecular Hbond substituents is 4. The SMILES string of the molecule is C.C=C(N)NCCC[C@H](CC(=O)CNC(=O)[C@@H]([NH3+])CCC(=O)NCCCOCCOCCOCCCNC(C)=O)C(=O)CCl.O=C1OC2(c3ccc(O)cc3Oc3cc(O)ccc32)c2ccccc21.O=C1OC2(c3ccc(O)cc3Oc3cc(O)ccc32)c2ccccc21.[3H][NH+]=C(N)NCCC[C@H](CC(=O)CNC(=O)[C@@H]([NH3+])CCC(=O)NCCCOCCOCCOCCCNC(C)=O)C(=O)CCl.[Cl-]. The maximum atomic E-state index is 12.5. The fourth-order valence-corrected chi connectivity index (χ4v) is 15.1. The first-order valence-corrected chi connectivity index (χ1v) is 45.9. The Morgan fingerprint density at radius 1 is 0.435 bits per heavy atom. The van der Waals surface area contributed by atoms with Crippen LogP contribution >= 0.6 is 23.2 Å². The summed E-state index contributed by atoms with van der Waals surface area (Å²) in [4.78, 5) is 144. The third kappa shape index (κ3) is 37.9. The average Bonchev–Trinajstić information content (AvgIpc) is 1.57. The summed E-state index contributed by atoms with van der Waals surface area (Å²) < 4.78 is 63.0. The van der Waals surface area contributed by atoms with Crippen LogP contribution in [0.1, 0.15) is 165 Å². The number of aromatic hydroxyl groups is 4. The van der Waals surface area contributed by atoms with E-state index in [-0.39, 0.29) is 159 Å². The molecule has 4 atom stereocenters. The van der Waals surface area contributed by atoms with Crippen molar-refractivity contribution in [3.05, 3.63) is 178 Å². The Kier molecular flexibility index (Phi) is 51.3. The first-order valence-electron chi connectivity index (χ1n) is 45.3. The monoisotopic (exact) mass is 1990 g/mol. The number of alkyl halides is 2. The highest BCUT2D eigenvalue weighted by molar-refractivity contribution is 6.28. The number of rotatable bonds is 57. The Morgan fingerprint density at radius 3 is 1.05 bits per heavy atom. The minimum Gasteiger partial charge on any atom is -1.00 e. The average molecular weight is 1990 g/mol. The van der Waals surface area contributed by atoms with Gasteiger partial charge in [0.05, 0.1) is 101 Å². The minimum atomic E-state index is -1.17. The van der Waals surface area contributed by atoms with Crippen LogP contribution in [-0.4, -0.2) is 252 Å². The van der Waals surface area contributed by atoms with E-state index in [1.165, 1.54) is 62.4 Å². The van der Waals surface area contributed by atoms with Gasteiger partial charge < -0.3 is 135 Å². The molecule has 6 aromatic rings. The van der Waals surface area contributed by atoms with Crippen molar-refractivity contribution in [1.29, 1.82) is 0 Å². The standard InChI is InChI=1S/C28H51ClN6O8.C27H50ClN7O8.2C20H12O5.CH4.ClH/c1-21(30)32-9-3-6-23(26(38)19-29)18-24(37)20-35-28(40)25(31)7-8-27(39)34-11-5-13-42-15-17-43-16-14-41-12-4-10-33-22(2)36;1-20(36)32-9-3-11-41-13-15-43-16-14-42-12-4-10-33-25(39)7-6-23(29)26(40)35-19-22(37)17-21(24(38)18-28)5-2-8-34-27(30)31;2*21-11-5-7-15-17(9-11)24-18-10-12(22)6-8-16(18)20(15)14-4-2-1-3-13(14)19(23)25-20;;/h23,25,32H,1,3-20,30-31H2,2H3,(H,33,36)(H,34,39)(H,35,40);21,23H,2-19,29H2,1H3,(H,32,36)(H,33,39)(H,35,40)(H4,30,31,34);2*1-10,21-22H;1H4;1H/p+2/t23-,25+;21-,23+;;;;/m11..../s1/i/hT. The molecule has 0 bridgehead atoms. The lowest BCUT2D eigenvalue weighted by atomic mass is 9.77. The second-order valence-electron chi connectivity index (χ2n) is 32.0. The van der Waals surface area contributed by atoms with Crippen LogP contribution in [0.15, 0.2) is 134 Å². The number of carbonyl (C=O) groups excluding carboxylic acids is 12. The highest BCUT2D eigenvalue weighted by Crippen LogP contribution is 2.59. The molecule has 0 aromatic heterocycles. The van der Waals surface area contributed by atoms with E-state index in [0.29, 0.717) is 230 Å². The topological polar surface area (TPSA) is 607 Å². The van der Waals surface area contributed by atoms with Crippen molar-refractivity contribution in [1.82, 2.24) is 42.5 Å². The second kappa shape index (κ2) is 61.8. The van der Waals surface area contributed by atoms with Crippen molar-refractivity contribution in [2.75, 3.05) is 143 Å². The van der Waals surface area contributed by atoms with E-state index >= 15 is 0 Å². The fourth-order valence-electron chi connectivity index (χ4n) is 14.6. The van der Waals surface area contributed by atoms with Gasteiger partial charge in [-0.05, 0) is 112 Å². The number of hydrogen-bond donors (Lipinski definition) is 17. The van der Waals surface area contributed by atoms with E-state index in [0.717, 1.165) is 12.8 Å². The zero-order valence-corrected chi connectivity index (χ0v) is 79.3. The molecule has 6 amide bonds. The van der Waals surface area contributed by atoms with Gasteiger partial charge in [0.2, 0.25) is 23.6 Å². The van der Waals surface area contributed by atoms with E-state index in [9.17, 15) is 78.0 Å². The quantitative estimate of drug-likeness (QED) is 0.00793. The maximum absolute atomic E-state index is 12.5. The Labute approximate surface area is 819 Å². The number of nitrogens with one attached hydrogen (secondary N) is 8. The number of esters is 2. The molecular weight excluding hydrogens is 1860 g/mol. The normalized spacial score (nSPS) is 13.6. The summed E-state index contributed by atoms with van der Waals surface area (Å²) in [5.74, 6) is -2.76. The highest BCUT2D eigenvalue weighted by Gasteiger charge is 2.55. The van der Waals surface area contributed by atoms with Gasteiger partial charge in [0.15, 0.2) is 46.4 Å². The van der Waals surface area contributed by atoms with Crippen molar-refractivity contribution >= 4 is 99.7 Å². The first-order chi connectivity index (χ1) is 65.8. The molecule has 0 saturated heterocycles. The molecule has 0 unspecified atom stereocenters. The summed E-state index contributed by atoms with van der Waals surface area (Å²) >= 11 is 11.4. The number of Topliss-reactive ketones (excluding diaryl/α,β-unsaturated/α-hetero) is 4. The summed E-state index contributed by atoms with van der Waals surface area (Å²) in [7, 11) is 0. The third-order valence-corrected chi connectivity index (χ3v) is 22.0. The second-order valence-corrected chi connectivity index (χ2v) is 32.5. The largest absolute Gasteiger partial charge is 1.00 e. The maximum Gasteiger partial charge on any atom is 0.340 e. The molecule has 4 heterocycles. The Morgan fingerprint density at radius 2 is 0.739 bits per heavy atom. The summed E-state index contributed by atoms with van der Waals surface area (Å²) in [5, 5.41) is 63.0. The van der Waals surface area contributed by atoms with Crippen LogP contribution in [0.4, 0.5) is 0 Å². The van der Waals surface area contributed by atoms with Gasteiger partial charge in [0, 0.05) is 181 Å². The molecule has 42 heteroatoms. The first kappa shape index (κ1) is 114. The molecule has 2 spiro atoms. The van der Waals surface area contributed by atoms with Crippen LogP contribution in [0, 0.1) is 11.8 Å². The number of guanidine groups is 1. The summed E-state index contributed by atoms with van der Waals surface area (Å²) in [6.07, 6.45) is 5.34. The van der Waals surface area contributed by atoms with Crippen LogP contribution in [-0.2, 0) is 97.0 Å². The van der Waals surface area contributed by atoms with Gasteiger partial charge in [-0.15, -0.1) is 23.2 Å². The number of fused-ring (bicyclic) bond motifs is 12. The van der Waals surface area contributed by atoms with Gasteiger partial charge >= 0.3 is 17.9 Å². The van der Waals surface area contributed by atoms with Crippen molar-refractivity contribution in [3.8, 4) is 46.0 Å². The number of phenols is 4. The van der Waals surface area contributed by atoms with Crippen LogP contribution < -0.4 is 92.8 Å². The molecule has 10 rings (SSSR count). The number of halogens is 3. The van der Waals surface area contributed by atoms with Gasteiger partial charge in [-0.1, -0.05) is 50.4 Å². The third-order valence-electron chi connectivity index (χ3n) is 21.5. The molecule has 0 saturated carbocycles. The predicted octanol–water partition coefficient (Wildman–Crippen LogP) is 0.133. The summed E-state index contributed by atoms with van der Waals surface area (Å²) in [6.45, 7) is 14.7. The zero-order chi connectivity index (χ0) is 99.7. The van der Waals surface area contributed by atoms with Gasteiger partial charge in [-0.25, -0.2) is 9.59 Å². The van der Waals surface area contributed by atoms with Crippen molar-refractivity contribution in [3.63, 3.8) is 0 Å². The van der Waals surface area contributed by atoms with E-state index in [1.807, 2.05) is 29.7 Å². The Balaban J connectivity index is 0.000000333. The molecule has 39 nitrogen and oxygen atoms in total. The Bertz CT molecular complexity index is 4810. The molecule has 6 aromatic carbocycles. The number of quaternary nitrogens is 2. The molecular formula is C96H132Cl3N13O26+2. The number of hydrogen-bond acceptors (Lipinski definition) is 28. The number of ketones is 4. The molecule has 0 radical (unpaired) electrons. The van der Waals surface area contributed by atoms with Crippen molar-refractivity contribution < 1.29 is 156 Å². The molecule has 24 N–H and O–H groups in total. The van der Waals surface area contributed by atoms with E-state index < -0.39 is 58.9 Å². The summed E-state index contributed by atoms with van der Waals surface area (Å²) in [6, 6.07) is 31.8. The molecule has 0 aliphatic carbocycles. The molecule has 4 aliphatic heterocycles. The van der Waals surface area contributed by atoms with Gasteiger partial charge in [0.25, 0.3) is 13.2 Å².